The van der Waals surface area contributed by atoms with Gasteiger partial charge in [-0.15, -0.1) is 23.7 Å². The van der Waals surface area contributed by atoms with Crippen molar-refractivity contribution < 1.29 is 4.79 Å². The quantitative estimate of drug-likeness (QED) is 0.907. The Kier molecular flexibility index (Phi) is 5.25. The Morgan fingerprint density at radius 3 is 2.76 bits per heavy atom. The molecule has 114 valence electrons. The summed E-state index contributed by atoms with van der Waals surface area (Å²) in [5, 5.41) is 6.49. The fourth-order valence-corrected chi connectivity index (χ4v) is 3.94. The fourth-order valence-electron chi connectivity index (χ4n) is 2.95. The minimum absolute atomic E-state index is 0. The molecule has 1 aromatic carbocycles. The van der Waals surface area contributed by atoms with Gasteiger partial charge >= 0.3 is 0 Å². The van der Waals surface area contributed by atoms with Crippen molar-refractivity contribution in [2.45, 2.75) is 37.6 Å². The van der Waals surface area contributed by atoms with Crippen LogP contribution >= 0.6 is 23.7 Å². The monoisotopic (exact) mass is 324 g/mol. The zero-order valence-electron chi connectivity index (χ0n) is 11.9. The number of carbonyl (C=O) groups is 1. The number of benzene rings is 1. The predicted octanol–water partition coefficient (Wildman–Crippen LogP) is 3.25. The van der Waals surface area contributed by atoms with Crippen LogP contribution in [0.15, 0.2) is 29.6 Å². The Morgan fingerprint density at radius 1 is 1.29 bits per heavy atom. The van der Waals surface area contributed by atoms with Gasteiger partial charge in [-0.1, -0.05) is 31.0 Å². The summed E-state index contributed by atoms with van der Waals surface area (Å²) in [6, 6.07) is 8.40. The van der Waals surface area contributed by atoms with Gasteiger partial charge in [0.2, 0.25) is 5.91 Å². The molecule has 0 aliphatic heterocycles. The molecule has 0 radical (unpaired) electrons. The minimum Gasteiger partial charge on any atom is -0.354 e. The van der Waals surface area contributed by atoms with E-state index < -0.39 is 5.54 Å². The summed E-state index contributed by atoms with van der Waals surface area (Å²) in [6.07, 6.45) is 4.64. The maximum atomic E-state index is 12.1. The maximum absolute atomic E-state index is 12.1. The summed E-state index contributed by atoms with van der Waals surface area (Å²) in [7, 11) is 0. The van der Waals surface area contributed by atoms with Crippen LogP contribution in [0.5, 0.6) is 0 Å². The van der Waals surface area contributed by atoms with Gasteiger partial charge in [0.25, 0.3) is 0 Å². The summed E-state index contributed by atoms with van der Waals surface area (Å²) < 4.78 is 1.31. The zero-order chi connectivity index (χ0) is 14.0. The van der Waals surface area contributed by atoms with Crippen LogP contribution in [0.25, 0.3) is 10.1 Å². The first-order chi connectivity index (χ1) is 9.69. The highest BCUT2D eigenvalue weighted by atomic mass is 35.5. The molecule has 1 saturated carbocycles. The van der Waals surface area contributed by atoms with Crippen molar-refractivity contribution in [3.05, 3.63) is 35.2 Å². The van der Waals surface area contributed by atoms with E-state index in [0.29, 0.717) is 6.54 Å². The predicted molar refractivity (Wildman–Crippen MR) is 91.2 cm³/mol. The number of nitrogens with one attached hydrogen (secondary N) is 1. The van der Waals surface area contributed by atoms with E-state index in [0.717, 1.165) is 32.1 Å². The second-order valence-electron chi connectivity index (χ2n) is 5.63. The molecule has 3 nitrogen and oxygen atoms in total. The molecular weight excluding hydrogens is 304 g/mol. The average Bonchev–Trinajstić information content (AvgIpc) is 3.07. The van der Waals surface area contributed by atoms with Gasteiger partial charge in [0.1, 0.15) is 0 Å². The number of thiophene rings is 1. The lowest BCUT2D eigenvalue weighted by molar-refractivity contribution is -0.126. The first-order valence-electron chi connectivity index (χ1n) is 7.21. The molecule has 0 unspecified atom stereocenters. The van der Waals surface area contributed by atoms with Gasteiger partial charge in [0.05, 0.1) is 5.54 Å². The number of carbonyl (C=O) groups excluding carboxylic acids is 1. The van der Waals surface area contributed by atoms with E-state index in [9.17, 15) is 4.79 Å². The summed E-state index contributed by atoms with van der Waals surface area (Å²) in [5.74, 6) is 0.0227. The molecule has 0 bridgehead atoms. The summed E-state index contributed by atoms with van der Waals surface area (Å²) in [4.78, 5) is 12.1. The molecule has 1 heterocycles. The Hall–Kier alpha value is -1.10. The molecule has 21 heavy (non-hydrogen) atoms. The van der Waals surface area contributed by atoms with E-state index in [-0.39, 0.29) is 18.3 Å². The van der Waals surface area contributed by atoms with Crippen molar-refractivity contribution in [2.24, 2.45) is 5.73 Å². The van der Waals surface area contributed by atoms with Gasteiger partial charge in [-0.05, 0) is 41.7 Å². The standard InChI is InChI=1S/C16H20N2OS.ClH/c17-16(8-3-4-9-16)15(19)18-10-7-12-11-20-14-6-2-1-5-13(12)14;/h1-2,5-6,11H,3-4,7-10,17H2,(H,18,19);1H. The number of hydrogen-bond acceptors (Lipinski definition) is 3. The van der Waals surface area contributed by atoms with E-state index in [1.54, 1.807) is 11.3 Å². The molecule has 3 N–H and O–H groups in total. The molecule has 1 aromatic heterocycles. The third kappa shape index (κ3) is 3.39. The highest BCUT2D eigenvalue weighted by Crippen LogP contribution is 2.28. The minimum atomic E-state index is -0.614. The smallest absolute Gasteiger partial charge is 0.240 e. The van der Waals surface area contributed by atoms with E-state index in [2.05, 4.69) is 35.0 Å². The number of hydrogen-bond donors (Lipinski definition) is 2. The SMILES string of the molecule is Cl.NC1(C(=O)NCCc2csc3ccccc23)CCCC1. The van der Waals surface area contributed by atoms with Crippen LogP contribution in [-0.4, -0.2) is 18.0 Å². The molecule has 5 heteroatoms. The molecular formula is C16H21ClN2OS. The van der Waals surface area contributed by atoms with Crippen molar-refractivity contribution in [3.63, 3.8) is 0 Å². The number of nitrogens with two attached hydrogens (primary N) is 1. The van der Waals surface area contributed by atoms with Crippen molar-refractivity contribution >= 4 is 39.7 Å². The van der Waals surface area contributed by atoms with Gasteiger partial charge in [-0.2, -0.15) is 0 Å². The summed E-state index contributed by atoms with van der Waals surface area (Å²) >= 11 is 1.76. The Morgan fingerprint density at radius 2 is 2.00 bits per heavy atom. The van der Waals surface area contributed by atoms with E-state index in [1.165, 1.54) is 15.6 Å². The van der Waals surface area contributed by atoms with Crippen LogP contribution in [0.4, 0.5) is 0 Å². The molecule has 1 amide bonds. The van der Waals surface area contributed by atoms with Crippen molar-refractivity contribution in [2.75, 3.05) is 6.54 Å². The molecule has 2 aromatic rings. The van der Waals surface area contributed by atoms with E-state index >= 15 is 0 Å². The fraction of sp³-hybridized carbons (Fsp3) is 0.438. The molecule has 1 fully saturated rings. The van der Waals surface area contributed by atoms with Gasteiger partial charge in [0.15, 0.2) is 0 Å². The van der Waals surface area contributed by atoms with Gasteiger partial charge in [-0.3, -0.25) is 4.79 Å². The van der Waals surface area contributed by atoms with Crippen LogP contribution in [-0.2, 0) is 11.2 Å². The van der Waals surface area contributed by atoms with Crippen LogP contribution in [0.2, 0.25) is 0 Å². The normalized spacial score (nSPS) is 16.6. The van der Waals surface area contributed by atoms with Crippen LogP contribution in [0, 0.1) is 0 Å². The maximum Gasteiger partial charge on any atom is 0.240 e. The first-order valence-corrected chi connectivity index (χ1v) is 8.09. The molecule has 3 rings (SSSR count). The topological polar surface area (TPSA) is 55.1 Å². The summed E-state index contributed by atoms with van der Waals surface area (Å²) in [5.41, 5.74) is 6.84. The van der Waals surface area contributed by atoms with Gasteiger partial charge in [0, 0.05) is 11.2 Å². The Balaban J connectivity index is 0.00000161. The van der Waals surface area contributed by atoms with E-state index in [4.69, 9.17) is 5.73 Å². The highest BCUT2D eigenvalue weighted by Gasteiger charge is 2.36. The van der Waals surface area contributed by atoms with Crippen molar-refractivity contribution in [1.82, 2.24) is 5.32 Å². The number of amides is 1. The second-order valence-corrected chi connectivity index (χ2v) is 6.54. The molecule has 0 atom stereocenters. The summed E-state index contributed by atoms with van der Waals surface area (Å²) in [6.45, 7) is 0.665. The zero-order valence-corrected chi connectivity index (χ0v) is 13.6. The molecule has 1 aliphatic rings. The highest BCUT2D eigenvalue weighted by molar-refractivity contribution is 7.17. The van der Waals surface area contributed by atoms with Crippen molar-refractivity contribution in [3.8, 4) is 0 Å². The van der Waals surface area contributed by atoms with Crippen LogP contribution in [0.1, 0.15) is 31.2 Å². The number of fused-ring (bicyclic) bond motifs is 1. The Labute approximate surface area is 135 Å². The Bertz CT molecular complexity index is 620. The lowest BCUT2D eigenvalue weighted by atomic mass is 9.98. The van der Waals surface area contributed by atoms with E-state index in [1.807, 2.05) is 0 Å². The van der Waals surface area contributed by atoms with Crippen LogP contribution < -0.4 is 11.1 Å². The third-order valence-electron chi connectivity index (χ3n) is 4.19. The second kappa shape index (κ2) is 6.77. The number of rotatable bonds is 4. The largest absolute Gasteiger partial charge is 0.354 e. The lowest BCUT2D eigenvalue weighted by Crippen LogP contribution is -2.52. The van der Waals surface area contributed by atoms with Gasteiger partial charge < -0.3 is 11.1 Å². The molecule has 0 spiro atoms. The number of halogens is 1. The van der Waals surface area contributed by atoms with Crippen LogP contribution in [0.3, 0.4) is 0 Å². The molecule has 0 saturated heterocycles. The molecule has 1 aliphatic carbocycles. The first kappa shape index (κ1) is 16.3. The average molecular weight is 325 g/mol. The third-order valence-corrected chi connectivity index (χ3v) is 5.20. The van der Waals surface area contributed by atoms with Crippen molar-refractivity contribution in [1.29, 1.82) is 0 Å². The lowest BCUT2D eigenvalue weighted by Gasteiger charge is -2.22. The van der Waals surface area contributed by atoms with Gasteiger partial charge in [-0.25, -0.2) is 0 Å².